The molecule has 1 unspecified atom stereocenters. The molecule has 0 amide bonds. The Labute approximate surface area is 221 Å². The predicted molar refractivity (Wildman–Crippen MR) is 142 cm³/mol. The van der Waals surface area contributed by atoms with Crippen molar-refractivity contribution in [1.29, 1.82) is 5.26 Å². The molecule has 2 heterocycles. The second-order valence-electron chi connectivity index (χ2n) is 9.26. The van der Waals surface area contributed by atoms with Gasteiger partial charge in [-0.1, -0.05) is 48.5 Å². The smallest absolute Gasteiger partial charge is 0.323 e. The highest BCUT2D eigenvalue weighted by atomic mass is 16.5. The number of carbonyl (C=O) groups is 1. The number of ether oxygens (including phenoxy) is 2. The lowest BCUT2D eigenvalue weighted by Crippen LogP contribution is -2.45. The van der Waals surface area contributed by atoms with Crippen LogP contribution in [0.4, 0.5) is 0 Å². The molecule has 190 valence electrons. The van der Waals surface area contributed by atoms with Gasteiger partial charge in [-0.25, -0.2) is 0 Å². The van der Waals surface area contributed by atoms with Crippen molar-refractivity contribution in [3.8, 4) is 28.7 Å². The summed E-state index contributed by atoms with van der Waals surface area (Å²) < 4.78 is 11.1. The van der Waals surface area contributed by atoms with Crippen molar-refractivity contribution in [2.45, 2.75) is 32.0 Å². The quantitative estimate of drug-likeness (QED) is 0.356. The SMILES string of the molecule is COC(=O)[C@@H]1Cc2cc(O)c(OCc3cccc(-c4ccccc4)c3C)cc2C(c2cncc(C#N)c2)N1. The summed E-state index contributed by atoms with van der Waals surface area (Å²) in [6, 6.07) is 22.5. The zero-order chi connectivity index (χ0) is 26.6. The number of hydrogen-bond acceptors (Lipinski definition) is 7. The van der Waals surface area contributed by atoms with Crippen molar-refractivity contribution < 1.29 is 19.4 Å². The first-order valence-corrected chi connectivity index (χ1v) is 12.3. The van der Waals surface area contributed by atoms with E-state index in [1.165, 1.54) is 13.3 Å². The Bertz CT molecular complexity index is 1530. The summed E-state index contributed by atoms with van der Waals surface area (Å²) in [5, 5.41) is 23.5. The van der Waals surface area contributed by atoms with Gasteiger partial charge in [-0.15, -0.1) is 0 Å². The van der Waals surface area contributed by atoms with Crippen LogP contribution in [0.15, 0.2) is 79.1 Å². The van der Waals surface area contributed by atoms with Crippen LogP contribution in [0.5, 0.6) is 11.5 Å². The van der Waals surface area contributed by atoms with Crippen LogP contribution in [-0.2, 0) is 22.6 Å². The third kappa shape index (κ3) is 4.95. The fourth-order valence-electron chi connectivity index (χ4n) is 4.93. The maximum atomic E-state index is 12.4. The number of pyridine rings is 1. The van der Waals surface area contributed by atoms with Gasteiger partial charge in [0.1, 0.15) is 18.7 Å². The van der Waals surface area contributed by atoms with E-state index >= 15 is 0 Å². The molecule has 2 atom stereocenters. The van der Waals surface area contributed by atoms with Crippen molar-refractivity contribution in [2.24, 2.45) is 0 Å². The van der Waals surface area contributed by atoms with Crippen LogP contribution in [-0.4, -0.2) is 29.2 Å². The Morgan fingerprint density at radius 2 is 1.95 bits per heavy atom. The minimum atomic E-state index is -0.613. The number of phenolic OH excluding ortho intramolecular Hbond substituents is 1. The predicted octanol–water partition coefficient (Wildman–Crippen LogP) is 4.99. The van der Waals surface area contributed by atoms with Gasteiger partial charge in [0.05, 0.1) is 18.7 Å². The van der Waals surface area contributed by atoms with Gasteiger partial charge in [0.2, 0.25) is 0 Å². The Kier molecular flexibility index (Phi) is 7.07. The van der Waals surface area contributed by atoms with E-state index in [2.05, 4.69) is 41.5 Å². The summed E-state index contributed by atoms with van der Waals surface area (Å²) in [5.74, 6) is -0.0756. The van der Waals surface area contributed by atoms with Crippen LogP contribution in [0.25, 0.3) is 11.1 Å². The largest absolute Gasteiger partial charge is 0.504 e. The number of hydrogen-bond donors (Lipinski definition) is 2. The lowest BCUT2D eigenvalue weighted by atomic mass is 9.86. The van der Waals surface area contributed by atoms with Crippen LogP contribution < -0.4 is 10.1 Å². The maximum absolute atomic E-state index is 12.4. The zero-order valence-corrected chi connectivity index (χ0v) is 21.1. The number of nitrogens with zero attached hydrogens (tertiary/aromatic N) is 2. The molecule has 5 rings (SSSR count). The van der Waals surface area contributed by atoms with Crippen molar-refractivity contribution >= 4 is 5.97 Å². The average Bonchev–Trinajstić information content (AvgIpc) is 2.96. The topological polar surface area (TPSA) is 104 Å². The molecule has 1 aliphatic rings. The molecule has 38 heavy (non-hydrogen) atoms. The number of benzene rings is 3. The van der Waals surface area contributed by atoms with Crippen LogP contribution in [0.1, 0.15) is 39.4 Å². The van der Waals surface area contributed by atoms with Gasteiger partial charge >= 0.3 is 5.97 Å². The molecule has 1 aliphatic heterocycles. The summed E-state index contributed by atoms with van der Waals surface area (Å²) in [4.78, 5) is 16.6. The van der Waals surface area contributed by atoms with Gasteiger partial charge in [0.15, 0.2) is 11.5 Å². The van der Waals surface area contributed by atoms with Gasteiger partial charge in [-0.2, -0.15) is 5.26 Å². The number of rotatable bonds is 6. The first-order valence-electron chi connectivity index (χ1n) is 12.3. The highest BCUT2D eigenvalue weighted by Gasteiger charge is 2.33. The van der Waals surface area contributed by atoms with Crippen molar-refractivity contribution in [2.75, 3.05) is 7.11 Å². The minimum Gasteiger partial charge on any atom is -0.504 e. The molecule has 0 saturated heterocycles. The Morgan fingerprint density at radius 3 is 2.71 bits per heavy atom. The highest BCUT2D eigenvalue weighted by molar-refractivity contribution is 5.77. The Morgan fingerprint density at radius 1 is 1.13 bits per heavy atom. The number of methoxy groups -OCH3 is 1. The second kappa shape index (κ2) is 10.8. The second-order valence-corrected chi connectivity index (χ2v) is 9.26. The fraction of sp³-hybridized carbons (Fsp3) is 0.194. The summed E-state index contributed by atoms with van der Waals surface area (Å²) in [6.45, 7) is 2.34. The number of aromatic nitrogens is 1. The summed E-state index contributed by atoms with van der Waals surface area (Å²) in [5.41, 5.74) is 7.14. The first kappa shape index (κ1) is 25.0. The molecule has 0 saturated carbocycles. The molecule has 0 bridgehead atoms. The van der Waals surface area contributed by atoms with E-state index in [0.29, 0.717) is 17.7 Å². The molecule has 1 aromatic heterocycles. The van der Waals surface area contributed by atoms with E-state index in [0.717, 1.165) is 38.9 Å². The Balaban J connectivity index is 1.48. The molecular weight excluding hydrogens is 478 g/mol. The van der Waals surface area contributed by atoms with Crippen molar-refractivity contribution in [3.05, 3.63) is 113 Å². The van der Waals surface area contributed by atoms with E-state index in [9.17, 15) is 15.2 Å². The van der Waals surface area contributed by atoms with Gasteiger partial charge < -0.3 is 14.6 Å². The number of nitrogens with one attached hydrogen (secondary N) is 1. The lowest BCUT2D eigenvalue weighted by molar-refractivity contribution is -0.143. The molecule has 7 nitrogen and oxygen atoms in total. The highest BCUT2D eigenvalue weighted by Crippen LogP contribution is 2.39. The first-order chi connectivity index (χ1) is 18.5. The molecule has 3 aromatic carbocycles. The molecule has 0 radical (unpaired) electrons. The van der Waals surface area contributed by atoms with Crippen LogP contribution in [0, 0.1) is 18.3 Å². The number of aromatic hydroxyl groups is 1. The standard InChI is InChI=1S/C31H27N3O4/c1-19-22(9-6-10-25(19)21-7-4-3-5-8-21)18-38-29-14-26-23(13-28(29)35)12-27(31(36)37-2)34-30(26)24-11-20(15-32)16-33-17-24/h3-11,13-14,16-17,27,30,34-35H,12,18H2,1-2H3/t27-,30?/m0/s1. The minimum absolute atomic E-state index is 0.00576. The van der Waals surface area contributed by atoms with E-state index in [1.54, 1.807) is 24.4 Å². The molecular formula is C31H27N3O4. The zero-order valence-electron chi connectivity index (χ0n) is 21.1. The van der Waals surface area contributed by atoms with Gasteiger partial charge in [-0.05, 0) is 70.5 Å². The molecule has 0 aliphatic carbocycles. The summed E-state index contributed by atoms with van der Waals surface area (Å²) >= 11 is 0. The van der Waals surface area contributed by atoms with E-state index in [-0.39, 0.29) is 12.4 Å². The molecule has 0 fully saturated rings. The summed E-state index contributed by atoms with van der Waals surface area (Å²) in [7, 11) is 1.34. The fourth-order valence-corrected chi connectivity index (χ4v) is 4.93. The van der Waals surface area contributed by atoms with E-state index < -0.39 is 18.1 Å². The third-order valence-corrected chi connectivity index (χ3v) is 6.95. The molecule has 0 spiro atoms. The number of nitriles is 1. The monoisotopic (exact) mass is 505 g/mol. The average molecular weight is 506 g/mol. The number of phenols is 1. The normalized spacial score (nSPS) is 16.2. The number of fused-ring (bicyclic) bond motifs is 1. The molecule has 2 N–H and O–H groups in total. The lowest BCUT2D eigenvalue weighted by Gasteiger charge is -2.32. The van der Waals surface area contributed by atoms with E-state index in [1.807, 2.05) is 30.3 Å². The molecule has 7 heteroatoms. The van der Waals surface area contributed by atoms with E-state index in [4.69, 9.17) is 9.47 Å². The van der Waals surface area contributed by atoms with Crippen molar-refractivity contribution in [1.82, 2.24) is 10.3 Å². The Hall–Kier alpha value is -4.67. The summed E-state index contributed by atoms with van der Waals surface area (Å²) in [6.07, 6.45) is 3.49. The van der Waals surface area contributed by atoms with Gasteiger partial charge in [-0.3, -0.25) is 15.1 Å². The molecule has 4 aromatic rings. The third-order valence-electron chi connectivity index (χ3n) is 6.95. The van der Waals surface area contributed by atoms with Crippen LogP contribution >= 0.6 is 0 Å². The van der Waals surface area contributed by atoms with Gasteiger partial charge in [0.25, 0.3) is 0 Å². The van der Waals surface area contributed by atoms with Gasteiger partial charge in [0, 0.05) is 12.4 Å². The van der Waals surface area contributed by atoms with Crippen LogP contribution in [0.2, 0.25) is 0 Å². The van der Waals surface area contributed by atoms with Crippen molar-refractivity contribution in [3.63, 3.8) is 0 Å². The maximum Gasteiger partial charge on any atom is 0.323 e. The number of carbonyl (C=O) groups excluding carboxylic acids is 1. The van der Waals surface area contributed by atoms with Crippen LogP contribution in [0.3, 0.4) is 0 Å². The number of esters is 1.